The molecule has 0 aromatic carbocycles. The van der Waals surface area contributed by atoms with Crippen molar-refractivity contribution in [1.29, 1.82) is 0 Å². The van der Waals surface area contributed by atoms with Crippen LogP contribution < -0.4 is 5.32 Å². The number of anilines is 1. The average Bonchev–Trinajstić information content (AvgIpc) is 2.78. The number of rotatable bonds is 4. The number of carbonyl (C=O) groups is 1. The van der Waals surface area contributed by atoms with Gasteiger partial charge in [-0.2, -0.15) is 0 Å². The zero-order valence-electron chi connectivity index (χ0n) is 9.07. The number of hydrogen-bond acceptors (Lipinski definition) is 5. The molecule has 7 heteroatoms. The Morgan fingerprint density at radius 3 is 3.00 bits per heavy atom. The van der Waals surface area contributed by atoms with Crippen LogP contribution in [0.25, 0.3) is 0 Å². The predicted molar refractivity (Wildman–Crippen MR) is 63.1 cm³/mol. The smallest absolute Gasteiger partial charge is 0.156 e. The first kappa shape index (κ1) is 11.5. The molecule has 0 radical (unpaired) electrons. The van der Waals surface area contributed by atoms with E-state index < -0.39 is 0 Å². The normalized spacial score (nSPS) is 10.2. The van der Waals surface area contributed by atoms with Crippen molar-refractivity contribution in [3.63, 3.8) is 0 Å². The Bertz CT molecular complexity index is 526. The van der Waals surface area contributed by atoms with Crippen molar-refractivity contribution in [3.05, 3.63) is 34.8 Å². The van der Waals surface area contributed by atoms with E-state index in [1.807, 2.05) is 0 Å². The predicted octanol–water partition coefficient (Wildman–Crippen LogP) is 1.59. The van der Waals surface area contributed by atoms with E-state index in [2.05, 4.69) is 25.3 Å². The molecule has 0 bridgehead atoms. The zero-order chi connectivity index (χ0) is 12.3. The summed E-state index contributed by atoms with van der Waals surface area (Å²) in [6, 6.07) is 0. The molecule has 6 nitrogen and oxygen atoms in total. The van der Waals surface area contributed by atoms with Crippen LogP contribution in [0.5, 0.6) is 0 Å². The van der Waals surface area contributed by atoms with Gasteiger partial charge in [-0.05, 0) is 6.92 Å². The van der Waals surface area contributed by atoms with E-state index in [0.29, 0.717) is 24.5 Å². The average molecular weight is 252 g/mol. The number of hydrogen-bond donors (Lipinski definition) is 2. The van der Waals surface area contributed by atoms with Crippen molar-refractivity contribution < 1.29 is 4.79 Å². The molecule has 17 heavy (non-hydrogen) atoms. The van der Waals surface area contributed by atoms with Crippen molar-refractivity contribution >= 4 is 23.7 Å². The van der Waals surface area contributed by atoms with Gasteiger partial charge in [0.25, 0.3) is 0 Å². The summed E-state index contributed by atoms with van der Waals surface area (Å²) in [6.45, 7) is 2.14. The van der Waals surface area contributed by atoms with Gasteiger partial charge in [-0.15, -0.1) is 0 Å². The molecule has 0 unspecified atom stereocenters. The first-order chi connectivity index (χ1) is 8.20. The standard InChI is InChI=1S/C10H10ClN5O/c1-6-15-9(11)7(5-17)10(16-6)14-4-8-12-2-3-13-8/h2-3,5H,4H2,1H3,(H,12,13)(H,14,15,16). The van der Waals surface area contributed by atoms with Gasteiger partial charge in [-0.25, -0.2) is 15.0 Å². The van der Waals surface area contributed by atoms with Crippen LogP contribution in [-0.2, 0) is 6.54 Å². The molecule has 2 N–H and O–H groups in total. The van der Waals surface area contributed by atoms with Crippen molar-refractivity contribution in [2.24, 2.45) is 0 Å². The molecule has 2 aromatic heterocycles. The number of imidazole rings is 1. The fourth-order valence-corrected chi connectivity index (χ4v) is 1.60. The van der Waals surface area contributed by atoms with Gasteiger partial charge in [0.05, 0.1) is 12.1 Å². The summed E-state index contributed by atoms with van der Waals surface area (Å²) in [5.41, 5.74) is 0.254. The summed E-state index contributed by atoms with van der Waals surface area (Å²) in [5.74, 6) is 1.66. The molecule has 0 aliphatic carbocycles. The Kier molecular flexibility index (Phi) is 3.34. The zero-order valence-corrected chi connectivity index (χ0v) is 9.82. The molecule has 0 saturated carbocycles. The van der Waals surface area contributed by atoms with Gasteiger partial charge >= 0.3 is 0 Å². The molecular weight excluding hydrogens is 242 g/mol. The first-order valence-corrected chi connectivity index (χ1v) is 5.30. The SMILES string of the molecule is Cc1nc(Cl)c(C=O)c(NCc2ncc[nH]2)n1. The molecule has 0 fully saturated rings. The van der Waals surface area contributed by atoms with E-state index in [1.165, 1.54) is 0 Å². The molecule has 0 saturated heterocycles. The second kappa shape index (κ2) is 4.92. The molecule has 2 heterocycles. The van der Waals surface area contributed by atoms with Crippen LogP contribution in [-0.4, -0.2) is 26.2 Å². The van der Waals surface area contributed by atoms with Crippen LogP contribution in [0, 0.1) is 6.92 Å². The Balaban J connectivity index is 2.22. The number of aromatic amines is 1. The van der Waals surface area contributed by atoms with Gasteiger partial charge in [0.15, 0.2) is 6.29 Å². The summed E-state index contributed by atoms with van der Waals surface area (Å²) in [6.07, 6.45) is 4.00. The van der Waals surface area contributed by atoms with Crippen LogP contribution in [0.4, 0.5) is 5.82 Å². The van der Waals surface area contributed by atoms with Crippen LogP contribution >= 0.6 is 11.6 Å². The van der Waals surface area contributed by atoms with Gasteiger partial charge in [-0.3, -0.25) is 4.79 Å². The highest BCUT2D eigenvalue weighted by Gasteiger charge is 2.10. The first-order valence-electron chi connectivity index (χ1n) is 4.92. The quantitative estimate of drug-likeness (QED) is 0.637. The highest BCUT2D eigenvalue weighted by atomic mass is 35.5. The van der Waals surface area contributed by atoms with E-state index in [0.717, 1.165) is 5.82 Å². The largest absolute Gasteiger partial charge is 0.362 e. The van der Waals surface area contributed by atoms with Crippen LogP contribution in [0.15, 0.2) is 12.4 Å². The lowest BCUT2D eigenvalue weighted by Crippen LogP contribution is -2.08. The van der Waals surface area contributed by atoms with Gasteiger partial charge < -0.3 is 10.3 Å². The van der Waals surface area contributed by atoms with Gasteiger partial charge in [0, 0.05) is 12.4 Å². The molecule has 88 valence electrons. The minimum atomic E-state index is 0.148. The van der Waals surface area contributed by atoms with Gasteiger partial charge in [-0.1, -0.05) is 11.6 Å². The highest BCUT2D eigenvalue weighted by molar-refractivity contribution is 6.32. The fraction of sp³-hybridized carbons (Fsp3) is 0.200. The number of aryl methyl sites for hydroxylation is 1. The third-order valence-corrected chi connectivity index (χ3v) is 2.40. The van der Waals surface area contributed by atoms with E-state index in [-0.39, 0.29) is 10.7 Å². The second-order valence-corrected chi connectivity index (χ2v) is 3.69. The van der Waals surface area contributed by atoms with E-state index in [9.17, 15) is 4.79 Å². The molecule has 0 atom stereocenters. The van der Waals surface area contributed by atoms with Gasteiger partial charge in [0.2, 0.25) is 0 Å². The monoisotopic (exact) mass is 251 g/mol. The third-order valence-electron chi connectivity index (χ3n) is 2.11. The summed E-state index contributed by atoms with van der Waals surface area (Å²) in [5, 5.41) is 3.14. The number of aldehydes is 1. The molecular formula is C10H10ClN5O. The Morgan fingerprint density at radius 1 is 1.53 bits per heavy atom. The lowest BCUT2D eigenvalue weighted by molar-refractivity contribution is 0.112. The number of aromatic nitrogens is 4. The highest BCUT2D eigenvalue weighted by Crippen LogP contribution is 2.19. The molecule has 0 spiro atoms. The molecule has 2 rings (SSSR count). The van der Waals surface area contributed by atoms with Crippen molar-refractivity contribution in [2.45, 2.75) is 13.5 Å². The minimum absolute atomic E-state index is 0.148. The van der Waals surface area contributed by atoms with E-state index >= 15 is 0 Å². The number of halogens is 1. The lowest BCUT2D eigenvalue weighted by atomic mass is 10.3. The maximum atomic E-state index is 10.9. The minimum Gasteiger partial charge on any atom is -0.362 e. The van der Waals surface area contributed by atoms with Crippen LogP contribution in [0.3, 0.4) is 0 Å². The molecule has 2 aromatic rings. The van der Waals surface area contributed by atoms with Crippen LogP contribution in [0.2, 0.25) is 5.15 Å². The number of nitrogens with one attached hydrogen (secondary N) is 2. The van der Waals surface area contributed by atoms with Crippen molar-refractivity contribution in [3.8, 4) is 0 Å². The number of carbonyl (C=O) groups excluding carboxylic acids is 1. The number of nitrogens with zero attached hydrogens (tertiary/aromatic N) is 3. The second-order valence-electron chi connectivity index (χ2n) is 3.33. The summed E-state index contributed by atoms with van der Waals surface area (Å²) in [7, 11) is 0. The summed E-state index contributed by atoms with van der Waals surface area (Å²) < 4.78 is 0. The number of H-pyrrole nitrogens is 1. The lowest BCUT2D eigenvalue weighted by Gasteiger charge is -2.08. The molecule has 0 aliphatic heterocycles. The third kappa shape index (κ3) is 2.59. The summed E-state index contributed by atoms with van der Waals surface area (Å²) in [4.78, 5) is 25.9. The molecule has 0 amide bonds. The Morgan fingerprint density at radius 2 is 2.35 bits per heavy atom. The van der Waals surface area contributed by atoms with E-state index in [4.69, 9.17) is 11.6 Å². The maximum Gasteiger partial charge on any atom is 0.156 e. The van der Waals surface area contributed by atoms with Gasteiger partial charge in [0.1, 0.15) is 22.6 Å². The van der Waals surface area contributed by atoms with Crippen LogP contribution in [0.1, 0.15) is 22.0 Å². The Labute approximate surface area is 102 Å². The fourth-order valence-electron chi connectivity index (χ4n) is 1.35. The van der Waals surface area contributed by atoms with Crippen molar-refractivity contribution in [1.82, 2.24) is 19.9 Å². The van der Waals surface area contributed by atoms with E-state index in [1.54, 1.807) is 19.3 Å². The maximum absolute atomic E-state index is 10.9. The molecule has 0 aliphatic rings. The van der Waals surface area contributed by atoms with Crippen molar-refractivity contribution in [2.75, 3.05) is 5.32 Å². The summed E-state index contributed by atoms with van der Waals surface area (Å²) >= 11 is 5.85. The topological polar surface area (TPSA) is 83.6 Å². The Hall–Kier alpha value is -1.95.